The number of rotatable bonds is 10. The fourth-order valence-corrected chi connectivity index (χ4v) is 4.60. The maximum atomic E-state index is 13.4. The average molecular weight is 526 g/mol. The SMILES string of the molecule is CCNC(=O)[C@H](C)N(Cc1cccc(OC)c1)C(=O)CN(c1ccccc1Br)S(C)(=O)=O. The van der Waals surface area contributed by atoms with Crippen LogP contribution in [0.1, 0.15) is 19.4 Å². The molecule has 10 heteroatoms. The molecule has 0 heterocycles. The van der Waals surface area contributed by atoms with Gasteiger partial charge in [0.15, 0.2) is 0 Å². The van der Waals surface area contributed by atoms with Crippen molar-refractivity contribution in [3.8, 4) is 5.75 Å². The van der Waals surface area contributed by atoms with Gasteiger partial charge in [0.2, 0.25) is 21.8 Å². The van der Waals surface area contributed by atoms with E-state index in [1.807, 2.05) is 6.07 Å². The molecule has 0 unspecified atom stereocenters. The zero-order valence-electron chi connectivity index (χ0n) is 18.5. The van der Waals surface area contributed by atoms with E-state index in [1.165, 1.54) is 4.90 Å². The smallest absolute Gasteiger partial charge is 0.244 e. The van der Waals surface area contributed by atoms with Gasteiger partial charge in [-0.25, -0.2) is 8.42 Å². The maximum absolute atomic E-state index is 13.4. The summed E-state index contributed by atoms with van der Waals surface area (Å²) in [6.45, 7) is 3.48. The number of anilines is 1. The summed E-state index contributed by atoms with van der Waals surface area (Å²) >= 11 is 3.35. The van der Waals surface area contributed by atoms with Gasteiger partial charge >= 0.3 is 0 Å². The van der Waals surface area contributed by atoms with Crippen LogP contribution in [0, 0.1) is 0 Å². The lowest BCUT2D eigenvalue weighted by molar-refractivity contribution is -0.139. The molecule has 0 saturated carbocycles. The quantitative estimate of drug-likeness (QED) is 0.514. The lowest BCUT2D eigenvalue weighted by atomic mass is 10.1. The van der Waals surface area contributed by atoms with E-state index in [0.29, 0.717) is 22.5 Å². The number of nitrogens with zero attached hydrogens (tertiary/aromatic N) is 2. The molecule has 0 aliphatic heterocycles. The van der Waals surface area contributed by atoms with Gasteiger partial charge in [-0.05, 0) is 59.6 Å². The topological polar surface area (TPSA) is 96.0 Å². The number of sulfonamides is 1. The molecule has 2 amide bonds. The Kier molecular flexibility index (Phi) is 9.09. The van der Waals surface area contributed by atoms with E-state index in [4.69, 9.17) is 4.74 Å². The van der Waals surface area contributed by atoms with Crippen molar-refractivity contribution in [1.82, 2.24) is 10.2 Å². The van der Waals surface area contributed by atoms with Crippen LogP contribution in [0.15, 0.2) is 53.0 Å². The zero-order valence-corrected chi connectivity index (χ0v) is 20.9. The van der Waals surface area contributed by atoms with Crippen molar-refractivity contribution in [1.29, 1.82) is 0 Å². The summed E-state index contributed by atoms with van der Waals surface area (Å²) in [6, 6.07) is 13.1. The molecule has 174 valence electrons. The highest BCUT2D eigenvalue weighted by Gasteiger charge is 2.30. The minimum Gasteiger partial charge on any atom is -0.497 e. The number of hydrogen-bond acceptors (Lipinski definition) is 5. The van der Waals surface area contributed by atoms with E-state index in [9.17, 15) is 18.0 Å². The number of halogens is 1. The van der Waals surface area contributed by atoms with E-state index in [0.717, 1.165) is 16.1 Å². The highest BCUT2D eigenvalue weighted by molar-refractivity contribution is 9.10. The molecule has 1 atom stereocenters. The normalized spacial score (nSPS) is 12.0. The number of hydrogen-bond donors (Lipinski definition) is 1. The highest BCUT2D eigenvalue weighted by Crippen LogP contribution is 2.28. The van der Waals surface area contributed by atoms with Crippen LogP contribution in [0.3, 0.4) is 0 Å². The second-order valence-electron chi connectivity index (χ2n) is 7.16. The van der Waals surface area contributed by atoms with E-state index in [1.54, 1.807) is 63.4 Å². The van der Waals surface area contributed by atoms with Gasteiger partial charge in [0.1, 0.15) is 18.3 Å². The zero-order chi connectivity index (χ0) is 23.9. The number of benzene rings is 2. The Balaban J connectivity index is 2.40. The van der Waals surface area contributed by atoms with Gasteiger partial charge in [0.25, 0.3) is 0 Å². The fraction of sp³-hybridized carbons (Fsp3) is 0.364. The molecule has 2 aromatic carbocycles. The van der Waals surface area contributed by atoms with Crippen LogP contribution in [0.5, 0.6) is 5.75 Å². The first-order chi connectivity index (χ1) is 15.1. The van der Waals surface area contributed by atoms with Gasteiger partial charge in [-0.15, -0.1) is 0 Å². The van der Waals surface area contributed by atoms with Crippen molar-refractivity contribution in [3.63, 3.8) is 0 Å². The lowest BCUT2D eigenvalue weighted by Gasteiger charge is -2.31. The Morgan fingerprint density at radius 1 is 1.16 bits per heavy atom. The third kappa shape index (κ3) is 6.70. The van der Waals surface area contributed by atoms with E-state index in [2.05, 4.69) is 21.2 Å². The third-order valence-corrected chi connectivity index (χ3v) is 6.60. The van der Waals surface area contributed by atoms with Gasteiger partial charge in [0, 0.05) is 17.6 Å². The van der Waals surface area contributed by atoms with Crippen molar-refractivity contribution in [2.45, 2.75) is 26.4 Å². The first kappa shape index (κ1) is 25.7. The van der Waals surface area contributed by atoms with Gasteiger partial charge in [0.05, 0.1) is 19.1 Å². The van der Waals surface area contributed by atoms with Crippen molar-refractivity contribution in [3.05, 3.63) is 58.6 Å². The number of amides is 2. The first-order valence-corrected chi connectivity index (χ1v) is 12.6. The lowest BCUT2D eigenvalue weighted by Crippen LogP contribution is -2.51. The Morgan fingerprint density at radius 2 is 1.84 bits per heavy atom. The Hall–Kier alpha value is -2.59. The fourth-order valence-electron chi connectivity index (χ4n) is 3.12. The minimum atomic E-state index is -3.77. The van der Waals surface area contributed by atoms with Crippen molar-refractivity contribution >= 4 is 43.5 Å². The molecule has 0 spiro atoms. The summed E-state index contributed by atoms with van der Waals surface area (Å²) in [7, 11) is -2.23. The van der Waals surface area contributed by atoms with Crippen molar-refractivity contribution < 1.29 is 22.7 Å². The van der Waals surface area contributed by atoms with Crippen LogP contribution in [-0.2, 0) is 26.2 Å². The molecule has 32 heavy (non-hydrogen) atoms. The minimum absolute atomic E-state index is 0.113. The summed E-state index contributed by atoms with van der Waals surface area (Å²) in [5.41, 5.74) is 1.09. The number of carbonyl (C=O) groups is 2. The van der Waals surface area contributed by atoms with Gasteiger partial charge in [-0.3, -0.25) is 13.9 Å². The van der Waals surface area contributed by atoms with Gasteiger partial charge < -0.3 is 15.0 Å². The van der Waals surface area contributed by atoms with Crippen LogP contribution in [0.2, 0.25) is 0 Å². The molecule has 0 bridgehead atoms. The van der Waals surface area contributed by atoms with Gasteiger partial charge in [-0.1, -0.05) is 24.3 Å². The molecule has 2 rings (SSSR count). The number of ether oxygens (including phenoxy) is 1. The van der Waals surface area contributed by atoms with Gasteiger partial charge in [-0.2, -0.15) is 0 Å². The molecular formula is C22H28BrN3O5S. The van der Waals surface area contributed by atoms with Crippen LogP contribution >= 0.6 is 15.9 Å². The highest BCUT2D eigenvalue weighted by atomic mass is 79.9. The maximum Gasteiger partial charge on any atom is 0.244 e. The van der Waals surface area contributed by atoms with E-state index in [-0.39, 0.29) is 12.5 Å². The Bertz CT molecular complexity index is 1060. The number of para-hydroxylation sites is 1. The number of nitrogens with one attached hydrogen (secondary N) is 1. The molecule has 8 nitrogen and oxygen atoms in total. The monoisotopic (exact) mass is 525 g/mol. The van der Waals surface area contributed by atoms with Crippen molar-refractivity contribution in [2.24, 2.45) is 0 Å². The second kappa shape index (κ2) is 11.3. The first-order valence-electron chi connectivity index (χ1n) is 10.0. The number of carbonyl (C=O) groups excluding carboxylic acids is 2. The molecule has 0 aliphatic rings. The van der Waals surface area contributed by atoms with Crippen LogP contribution in [0.25, 0.3) is 0 Å². The average Bonchev–Trinajstić information content (AvgIpc) is 2.75. The predicted molar refractivity (Wildman–Crippen MR) is 128 cm³/mol. The van der Waals surface area contributed by atoms with E-state index < -0.39 is 28.5 Å². The predicted octanol–water partition coefficient (Wildman–Crippen LogP) is 2.78. The third-order valence-electron chi connectivity index (χ3n) is 4.81. The summed E-state index contributed by atoms with van der Waals surface area (Å²) in [5, 5.41) is 2.72. The van der Waals surface area contributed by atoms with Crippen LogP contribution in [0.4, 0.5) is 5.69 Å². The molecule has 0 aromatic heterocycles. The molecule has 0 saturated heterocycles. The molecule has 2 aromatic rings. The molecular weight excluding hydrogens is 498 g/mol. The number of methoxy groups -OCH3 is 1. The van der Waals surface area contributed by atoms with Crippen LogP contribution < -0.4 is 14.4 Å². The number of likely N-dealkylation sites (N-methyl/N-ethyl adjacent to an activating group) is 1. The summed E-state index contributed by atoms with van der Waals surface area (Å²) < 4.78 is 31.9. The summed E-state index contributed by atoms with van der Waals surface area (Å²) in [4.78, 5) is 27.3. The standard InChI is InChI=1S/C22H28BrN3O5S/c1-5-24-22(28)16(2)25(14-17-9-8-10-18(13-17)31-3)21(27)15-26(32(4,29)30)20-12-7-6-11-19(20)23/h6-13,16H,5,14-15H2,1-4H3,(H,24,28)/t16-/m0/s1. The summed E-state index contributed by atoms with van der Waals surface area (Å²) in [5.74, 6) is -0.213. The Labute approximate surface area is 197 Å². The van der Waals surface area contributed by atoms with Crippen LogP contribution in [-0.4, -0.2) is 57.6 Å². The van der Waals surface area contributed by atoms with E-state index >= 15 is 0 Å². The second-order valence-corrected chi connectivity index (χ2v) is 9.93. The van der Waals surface area contributed by atoms with Crippen molar-refractivity contribution in [2.75, 3.05) is 30.8 Å². The molecule has 0 aliphatic carbocycles. The molecule has 0 radical (unpaired) electrons. The molecule has 1 N–H and O–H groups in total. The summed E-state index contributed by atoms with van der Waals surface area (Å²) in [6.07, 6.45) is 1.04. The molecule has 0 fully saturated rings. The Morgan fingerprint density at radius 3 is 2.44 bits per heavy atom. The largest absolute Gasteiger partial charge is 0.497 e.